The summed E-state index contributed by atoms with van der Waals surface area (Å²) in [6.45, 7) is 14.1. The molecule has 0 radical (unpaired) electrons. The maximum atomic E-state index is 12.0. The van der Waals surface area contributed by atoms with Crippen molar-refractivity contribution >= 4 is 0 Å². The molecule has 0 bridgehead atoms. The van der Waals surface area contributed by atoms with Crippen LogP contribution >= 0.6 is 0 Å². The predicted octanol–water partition coefficient (Wildman–Crippen LogP) is 2.55. The Kier molecular flexibility index (Phi) is 19.5. The zero-order valence-electron chi connectivity index (χ0n) is 32.5. The molecular weight excluding hydrogens is 650 g/mol. The topological polar surface area (TPSA) is 177 Å². The molecule has 2 rings (SSSR count). The fourth-order valence-electron chi connectivity index (χ4n) is 8.80. The third kappa shape index (κ3) is 10.6. The molecule has 2 fully saturated rings. The minimum atomic E-state index is -1.25. The molecule has 6 N–H and O–H groups in total. The van der Waals surface area contributed by atoms with Gasteiger partial charge in [-0.1, -0.05) is 67.2 Å². The van der Waals surface area contributed by atoms with Crippen LogP contribution in [0.2, 0.25) is 0 Å². The lowest BCUT2D eigenvalue weighted by atomic mass is 9.55. The van der Waals surface area contributed by atoms with Crippen LogP contribution in [0.15, 0.2) is 0 Å². The number of hydrogen-bond donors (Lipinski definition) is 6. The summed E-state index contributed by atoms with van der Waals surface area (Å²) in [6.07, 6.45) is -3.39. The van der Waals surface area contributed by atoms with Crippen LogP contribution in [-0.4, -0.2) is 156 Å². The molecule has 13 nitrogen and oxygen atoms in total. The van der Waals surface area contributed by atoms with E-state index in [0.717, 1.165) is 32.1 Å². The van der Waals surface area contributed by atoms with Gasteiger partial charge in [-0.05, 0) is 38.5 Å². The number of rotatable bonds is 24. The Bertz CT molecular complexity index is 917. The number of ether oxygens (including phenoxy) is 5. The average Bonchev–Trinajstić information content (AvgIpc) is 3.09. The van der Waals surface area contributed by atoms with Gasteiger partial charge in [0.15, 0.2) is 12.4 Å². The highest BCUT2D eigenvalue weighted by Crippen LogP contribution is 2.55. The highest BCUT2D eigenvalue weighted by Gasteiger charge is 2.62. The SMILES string of the molecule is CCCCC(C)(OC1OC(COCCO)C(O[N+](C)(C)CCC)C(O)C1OCCO)C(CC)(CC)C1C(CO)OC(C(CC)CC)C(O)C1O. The van der Waals surface area contributed by atoms with Gasteiger partial charge in [0.1, 0.15) is 31.0 Å². The Balaban J connectivity index is 2.68. The van der Waals surface area contributed by atoms with Crippen molar-refractivity contribution in [3.05, 3.63) is 0 Å². The van der Waals surface area contributed by atoms with E-state index in [1.54, 1.807) is 0 Å². The first kappa shape index (κ1) is 45.6. The lowest BCUT2D eigenvalue weighted by Crippen LogP contribution is -2.69. The second-order valence-electron chi connectivity index (χ2n) is 15.0. The van der Waals surface area contributed by atoms with E-state index < -0.39 is 72.1 Å². The first-order chi connectivity index (χ1) is 23.7. The summed E-state index contributed by atoms with van der Waals surface area (Å²) in [7, 11) is 3.79. The monoisotopic (exact) mass is 725 g/mol. The summed E-state index contributed by atoms with van der Waals surface area (Å²) in [6, 6.07) is 0. The molecule has 0 aromatic carbocycles. The van der Waals surface area contributed by atoms with Crippen LogP contribution in [0, 0.1) is 17.3 Å². The van der Waals surface area contributed by atoms with E-state index in [-0.39, 0.29) is 50.2 Å². The normalized spacial score (nSPS) is 32.4. The third-order valence-corrected chi connectivity index (χ3v) is 11.5. The van der Waals surface area contributed by atoms with E-state index in [4.69, 9.17) is 28.5 Å². The number of unbranched alkanes of at least 4 members (excludes halogenated alkanes) is 1. The summed E-state index contributed by atoms with van der Waals surface area (Å²) in [5.74, 6) is -0.695. The van der Waals surface area contributed by atoms with E-state index in [1.807, 2.05) is 55.6 Å². The summed E-state index contributed by atoms with van der Waals surface area (Å²) in [5.41, 5.74) is -1.90. The molecule has 0 aromatic rings. The van der Waals surface area contributed by atoms with Crippen LogP contribution in [0.5, 0.6) is 0 Å². The summed E-state index contributed by atoms with van der Waals surface area (Å²) >= 11 is 0. The van der Waals surface area contributed by atoms with Crippen LogP contribution in [0.3, 0.4) is 0 Å². The van der Waals surface area contributed by atoms with Gasteiger partial charge in [-0.15, -0.1) is 0 Å². The first-order valence-corrected chi connectivity index (χ1v) is 19.3. The minimum absolute atomic E-state index is 0.00470. The molecule has 0 amide bonds. The fourth-order valence-corrected chi connectivity index (χ4v) is 8.80. The summed E-state index contributed by atoms with van der Waals surface area (Å²) in [4.78, 5) is 6.45. The van der Waals surface area contributed by atoms with Gasteiger partial charge in [0.25, 0.3) is 0 Å². The van der Waals surface area contributed by atoms with Gasteiger partial charge < -0.3 is 54.3 Å². The highest BCUT2D eigenvalue weighted by atomic mass is 16.8. The Hall–Kier alpha value is -0.520. The standard InChI is InChI=1S/C37H74NO12/c1-10-16-17-36(7,37(14-5,15-6)28-26(23-41)47-32(25(12-3)13-4)30(43)29(28)42)49-35-34(46-22-20-40)31(44)33(50-38(8,9)18-11-2)27(48-35)24-45-21-19-39/h25-35,39-44H,10-24H2,1-9H3/q+1. The molecule has 50 heavy (non-hydrogen) atoms. The third-order valence-electron chi connectivity index (χ3n) is 11.5. The molecule has 2 aliphatic rings. The molecule has 2 aliphatic heterocycles. The van der Waals surface area contributed by atoms with Gasteiger partial charge >= 0.3 is 0 Å². The largest absolute Gasteiger partial charge is 0.394 e. The molecule has 13 heteroatoms. The van der Waals surface area contributed by atoms with Crippen molar-refractivity contribution in [2.45, 2.75) is 161 Å². The number of nitrogens with zero attached hydrogens (tertiary/aromatic N) is 1. The van der Waals surface area contributed by atoms with Crippen molar-refractivity contribution in [1.82, 2.24) is 0 Å². The zero-order chi connectivity index (χ0) is 37.7. The lowest BCUT2D eigenvalue weighted by molar-refractivity contribution is -1.08. The molecular formula is C37H74NO12+. The number of hydrogen-bond acceptors (Lipinski definition) is 12. The van der Waals surface area contributed by atoms with E-state index in [0.29, 0.717) is 25.8 Å². The molecule has 0 saturated carbocycles. The molecule has 11 atom stereocenters. The Morgan fingerprint density at radius 2 is 1.42 bits per heavy atom. The fraction of sp³-hybridized carbons (Fsp3) is 1.00. The van der Waals surface area contributed by atoms with Crippen molar-refractivity contribution in [3.8, 4) is 0 Å². The second-order valence-corrected chi connectivity index (χ2v) is 15.0. The van der Waals surface area contributed by atoms with Gasteiger partial charge in [-0.25, -0.2) is 0 Å². The van der Waals surface area contributed by atoms with Crippen LogP contribution < -0.4 is 0 Å². The molecule has 0 aromatic heterocycles. The van der Waals surface area contributed by atoms with Gasteiger partial charge in [0.05, 0.1) is 77.6 Å². The number of aliphatic hydroxyl groups excluding tert-OH is 6. The number of quaternary nitrogens is 1. The van der Waals surface area contributed by atoms with Gasteiger partial charge in [0, 0.05) is 11.3 Å². The maximum Gasteiger partial charge on any atom is 0.187 e. The molecule has 11 unspecified atom stereocenters. The first-order valence-electron chi connectivity index (χ1n) is 19.3. The number of hydroxylamine groups is 3. The van der Waals surface area contributed by atoms with Crippen molar-refractivity contribution < 1.29 is 63.8 Å². The van der Waals surface area contributed by atoms with Crippen LogP contribution in [0.4, 0.5) is 0 Å². The van der Waals surface area contributed by atoms with E-state index in [1.165, 1.54) is 0 Å². The molecule has 298 valence electrons. The Morgan fingerprint density at radius 1 is 0.780 bits per heavy atom. The zero-order valence-corrected chi connectivity index (χ0v) is 32.5. The number of aliphatic hydroxyl groups is 6. The highest BCUT2D eigenvalue weighted by molar-refractivity contribution is 5.09. The summed E-state index contributed by atoms with van der Waals surface area (Å²) in [5, 5.41) is 65.6. The van der Waals surface area contributed by atoms with E-state index in [2.05, 4.69) is 6.92 Å². The quantitative estimate of drug-likeness (QED) is 0.0488. The van der Waals surface area contributed by atoms with Crippen LogP contribution in [0.1, 0.15) is 99.8 Å². The van der Waals surface area contributed by atoms with Crippen LogP contribution in [-0.2, 0) is 28.5 Å². The van der Waals surface area contributed by atoms with Crippen molar-refractivity contribution in [2.75, 3.05) is 60.3 Å². The van der Waals surface area contributed by atoms with Gasteiger partial charge in [0.2, 0.25) is 0 Å². The minimum Gasteiger partial charge on any atom is -0.394 e. The van der Waals surface area contributed by atoms with Crippen molar-refractivity contribution in [1.29, 1.82) is 0 Å². The predicted molar refractivity (Wildman–Crippen MR) is 189 cm³/mol. The molecule has 2 heterocycles. The molecule has 2 saturated heterocycles. The van der Waals surface area contributed by atoms with Crippen molar-refractivity contribution in [2.24, 2.45) is 17.3 Å². The smallest absolute Gasteiger partial charge is 0.187 e. The second kappa shape index (κ2) is 21.4. The van der Waals surface area contributed by atoms with Crippen LogP contribution in [0.25, 0.3) is 0 Å². The maximum absolute atomic E-state index is 12.0. The molecule has 0 aliphatic carbocycles. The van der Waals surface area contributed by atoms with E-state index in [9.17, 15) is 30.6 Å². The van der Waals surface area contributed by atoms with Gasteiger partial charge in [-0.3, -0.25) is 0 Å². The van der Waals surface area contributed by atoms with Gasteiger partial charge in [-0.2, -0.15) is 9.48 Å². The average molecular weight is 725 g/mol. The summed E-state index contributed by atoms with van der Waals surface area (Å²) < 4.78 is 32.3. The lowest BCUT2D eigenvalue weighted by Gasteiger charge is -2.59. The molecule has 0 spiro atoms. The Morgan fingerprint density at radius 3 is 1.94 bits per heavy atom. The Labute approximate surface area is 301 Å². The van der Waals surface area contributed by atoms with Crippen molar-refractivity contribution in [3.63, 3.8) is 0 Å². The van der Waals surface area contributed by atoms with E-state index >= 15 is 0 Å².